The van der Waals surface area contributed by atoms with Crippen molar-refractivity contribution in [2.75, 3.05) is 27.2 Å². The summed E-state index contributed by atoms with van der Waals surface area (Å²) < 4.78 is 11.3. The number of likely N-dealkylation sites (N-methyl/N-ethyl adjacent to an activating group) is 1. The molecule has 0 atom stereocenters. The van der Waals surface area contributed by atoms with Gasteiger partial charge in [-0.2, -0.15) is 4.98 Å². The van der Waals surface area contributed by atoms with E-state index in [2.05, 4.69) is 15.0 Å². The minimum atomic E-state index is 0.520. The molecule has 2 aromatic carbocycles. The highest BCUT2D eigenvalue weighted by molar-refractivity contribution is 5.66. The summed E-state index contributed by atoms with van der Waals surface area (Å²) in [4.78, 5) is 6.62. The Labute approximate surface area is 141 Å². The van der Waals surface area contributed by atoms with Crippen molar-refractivity contribution >= 4 is 0 Å². The van der Waals surface area contributed by atoms with Crippen molar-refractivity contribution < 1.29 is 9.26 Å². The van der Waals surface area contributed by atoms with E-state index in [4.69, 9.17) is 9.26 Å². The van der Waals surface area contributed by atoms with Crippen LogP contribution in [-0.4, -0.2) is 42.3 Å². The molecule has 5 nitrogen and oxygen atoms in total. The first-order chi connectivity index (χ1) is 11.6. The van der Waals surface area contributed by atoms with Gasteiger partial charge in [-0.05, 0) is 44.8 Å². The molecule has 0 spiro atoms. The van der Waals surface area contributed by atoms with Gasteiger partial charge in [0.05, 0.1) is 5.56 Å². The summed E-state index contributed by atoms with van der Waals surface area (Å²) in [5.41, 5.74) is 2.88. The number of hydrogen-bond acceptors (Lipinski definition) is 5. The van der Waals surface area contributed by atoms with E-state index in [1.165, 1.54) is 0 Å². The Kier molecular flexibility index (Phi) is 4.91. The number of hydrogen-bond donors (Lipinski definition) is 0. The van der Waals surface area contributed by atoms with E-state index in [9.17, 15) is 0 Å². The van der Waals surface area contributed by atoms with E-state index in [0.29, 0.717) is 18.3 Å². The number of benzene rings is 2. The Balaban J connectivity index is 1.87. The van der Waals surface area contributed by atoms with Gasteiger partial charge in [-0.1, -0.05) is 35.5 Å². The first kappa shape index (κ1) is 16.2. The van der Waals surface area contributed by atoms with Crippen molar-refractivity contribution in [1.29, 1.82) is 0 Å². The van der Waals surface area contributed by atoms with Gasteiger partial charge < -0.3 is 14.2 Å². The van der Waals surface area contributed by atoms with Crippen LogP contribution in [0.5, 0.6) is 5.75 Å². The number of para-hydroxylation sites is 1. The second-order valence-electron chi connectivity index (χ2n) is 5.89. The Morgan fingerprint density at radius 2 is 1.71 bits per heavy atom. The maximum absolute atomic E-state index is 5.88. The van der Waals surface area contributed by atoms with Gasteiger partial charge >= 0.3 is 0 Å². The van der Waals surface area contributed by atoms with Gasteiger partial charge in [0, 0.05) is 12.1 Å². The molecule has 0 saturated heterocycles. The number of aryl methyl sites for hydroxylation is 1. The molecule has 0 aliphatic rings. The molecule has 0 radical (unpaired) electrons. The molecule has 0 amide bonds. The zero-order valence-electron chi connectivity index (χ0n) is 14.2. The van der Waals surface area contributed by atoms with Crippen molar-refractivity contribution in [2.24, 2.45) is 0 Å². The zero-order valence-corrected chi connectivity index (χ0v) is 14.2. The quantitative estimate of drug-likeness (QED) is 0.693. The Hall–Kier alpha value is -2.66. The van der Waals surface area contributed by atoms with Gasteiger partial charge in [-0.15, -0.1) is 0 Å². The molecule has 1 aromatic heterocycles. The first-order valence-corrected chi connectivity index (χ1v) is 7.92. The molecule has 3 aromatic rings. The normalized spacial score (nSPS) is 11.0. The van der Waals surface area contributed by atoms with Gasteiger partial charge in [-0.3, -0.25) is 0 Å². The topological polar surface area (TPSA) is 51.4 Å². The SMILES string of the molecule is Cc1ccccc1-c1nc(-c2ccccc2OCCN(C)C)no1. The van der Waals surface area contributed by atoms with E-state index in [0.717, 1.165) is 29.0 Å². The lowest BCUT2D eigenvalue weighted by molar-refractivity contribution is 0.262. The molecular formula is C19H21N3O2. The Morgan fingerprint density at radius 1 is 1.00 bits per heavy atom. The minimum Gasteiger partial charge on any atom is -0.491 e. The highest BCUT2D eigenvalue weighted by Crippen LogP contribution is 2.30. The molecule has 1 heterocycles. The van der Waals surface area contributed by atoms with Crippen LogP contribution in [0.3, 0.4) is 0 Å². The molecule has 3 rings (SSSR count). The Bertz CT molecular complexity index is 812. The van der Waals surface area contributed by atoms with Crippen molar-refractivity contribution in [3.8, 4) is 28.6 Å². The molecule has 24 heavy (non-hydrogen) atoms. The summed E-state index contributed by atoms with van der Waals surface area (Å²) in [6, 6.07) is 15.7. The highest BCUT2D eigenvalue weighted by Gasteiger charge is 2.15. The monoisotopic (exact) mass is 323 g/mol. The molecule has 0 aliphatic carbocycles. The third kappa shape index (κ3) is 3.63. The molecule has 124 valence electrons. The molecule has 0 saturated carbocycles. The van der Waals surface area contributed by atoms with Crippen LogP contribution in [0.2, 0.25) is 0 Å². The molecule has 0 fully saturated rings. The lowest BCUT2D eigenvalue weighted by Crippen LogP contribution is -2.19. The summed E-state index contributed by atoms with van der Waals surface area (Å²) in [7, 11) is 4.03. The van der Waals surface area contributed by atoms with Crippen molar-refractivity contribution in [3.63, 3.8) is 0 Å². The number of rotatable bonds is 6. The van der Waals surface area contributed by atoms with Gasteiger partial charge in [0.25, 0.3) is 5.89 Å². The molecule has 0 aliphatic heterocycles. The maximum atomic E-state index is 5.88. The van der Waals surface area contributed by atoms with Crippen LogP contribution >= 0.6 is 0 Å². The third-order valence-corrected chi connectivity index (χ3v) is 3.73. The molecule has 5 heteroatoms. The van der Waals surface area contributed by atoms with E-state index in [1.807, 2.05) is 69.6 Å². The van der Waals surface area contributed by atoms with Gasteiger partial charge in [0.15, 0.2) is 0 Å². The van der Waals surface area contributed by atoms with Gasteiger partial charge in [0.1, 0.15) is 12.4 Å². The minimum absolute atomic E-state index is 0.520. The lowest BCUT2D eigenvalue weighted by Gasteiger charge is -2.12. The average molecular weight is 323 g/mol. The summed E-state index contributed by atoms with van der Waals surface area (Å²) in [5.74, 6) is 1.82. The van der Waals surface area contributed by atoms with E-state index >= 15 is 0 Å². The second-order valence-corrected chi connectivity index (χ2v) is 5.89. The summed E-state index contributed by atoms with van der Waals surface area (Å²) in [6.45, 7) is 3.47. The van der Waals surface area contributed by atoms with Gasteiger partial charge in [0.2, 0.25) is 5.82 Å². The molecular weight excluding hydrogens is 302 g/mol. The fraction of sp³-hybridized carbons (Fsp3) is 0.263. The van der Waals surface area contributed by atoms with Crippen molar-refractivity contribution in [3.05, 3.63) is 54.1 Å². The van der Waals surface area contributed by atoms with Crippen LogP contribution in [0.15, 0.2) is 53.1 Å². The van der Waals surface area contributed by atoms with E-state index in [1.54, 1.807) is 0 Å². The van der Waals surface area contributed by atoms with Crippen molar-refractivity contribution in [1.82, 2.24) is 15.0 Å². The van der Waals surface area contributed by atoms with Crippen LogP contribution in [0.4, 0.5) is 0 Å². The van der Waals surface area contributed by atoms with Crippen LogP contribution in [-0.2, 0) is 0 Å². The Morgan fingerprint density at radius 3 is 2.46 bits per heavy atom. The van der Waals surface area contributed by atoms with Crippen LogP contribution in [0.25, 0.3) is 22.8 Å². The fourth-order valence-corrected chi connectivity index (χ4v) is 2.37. The molecule has 0 N–H and O–H groups in total. The van der Waals surface area contributed by atoms with Crippen LogP contribution < -0.4 is 4.74 Å². The molecule has 0 unspecified atom stereocenters. The summed E-state index contributed by atoms with van der Waals surface area (Å²) >= 11 is 0. The summed E-state index contributed by atoms with van der Waals surface area (Å²) in [5, 5.41) is 4.13. The van der Waals surface area contributed by atoms with Gasteiger partial charge in [-0.25, -0.2) is 0 Å². The zero-order chi connectivity index (χ0) is 16.9. The first-order valence-electron chi connectivity index (χ1n) is 7.92. The predicted molar refractivity (Wildman–Crippen MR) is 94.0 cm³/mol. The third-order valence-electron chi connectivity index (χ3n) is 3.73. The molecule has 0 bridgehead atoms. The number of aromatic nitrogens is 2. The summed E-state index contributed by atoms with van der Waals surface area (Å²) in [6.07, 6.45) is 0. The largest absolute Gasteiger partial charge is 0.491 e. The average Bonchev–Trinajstić information content (AvgIpc) is 3.05. The number of nitrogens with zero attached hydrogens (tertiary/aromatic N) is 3. The lowest BCUT2D eigenvalue weighted by atomic mass is 10.1. The number of ether oxygens (including phenoxy) is 1. The van der Waals surface area contributed by atoms with Crippen molar-refractivity contribution in [2.45, 2.75) is 6.92 Å². The van der Waals surface area contributed by atoms with Crippen LogP contribution in [0.1, 0.15) is 5.56 Å². The fourth-order valence-electron chi connectivity index (χ4n) is 2.37. The second kappa shape index (κ2) is 7.27. The smallest absolute Gasteiger partial charge is 0.258 e. The van der Waals surface area contributed by atoms with E-state index < -0.39 is 0 Å². The van der Waals surface area contributed by atoms with Crippen LogP contribution in [0, 0.1) is 6.92 Å². The van der Waals surface area contributed by atoms with E-state index in [-0.39, 0.29) is 0 Å². The standard InChI is InChI=1S/C19H21N3O2/c1-14-8-4-5-9-15(14)19-20-18(21-24-19)16-10-6-7-11-17(16)23-13-12-22(2)3/h4-11H,12-13H2,1-3H3. The maximum Gasteiger partial charge on any atom is 0.258 e. The highest BCUT2D eigenvalue weighted by atomic mass is 16.5. The predicted octanol–water partition coefficient (Wildman–Crippen LogP) is 3.65.